The quantitative estimate of drug-likeness (QED) is 0.371. The molecule has 5 rings (SSSR count). The van der Waals surface area contributed by atoms with Crippen LogP contribution >= 0.6 is 22.6 Å². The summed E-state index contributed by atoms with van der Waals surface area (Å²) in [5, 5.41) is 16.1. The molecule has 9 nitrogen and oxygen atoms in total. The Morgan fingerprint density at radius 2 is 1.81 bits per heavy atom. The molecule has 0 N–H and O–H groups in total. The summed E-state index contributed by atoms with van der Waals surface area (Å²) in [5.41, 5.74) is 3.95. The van der Waals surface area contributed by atoms with Gasteiger partial charge in [-0.2, -0.15) is 5.10 Å². The number of hydrogen-bond acceptors (Lipinski definition) is 6. The van der Waals surface area contributed by atoms with Crippen molar-refractivity contribution < 1.29 is 9.53 Å². The van der Waals surface area contributed by atoms with Gasteiger partial charge in [-0.3, -0.25) is 4.79 Å². The van der Waals surface area contributed by atoms with Crippen molar-refractivity contribution in [3.63, 3.8) is 0 Å². The fourth-order valence-corrected chi connectivity index (χ4v) is 4.10. The summed E-state index contributed by atoms with van der Waals surface area (Å²) in [5.74, 6) is 0.666. The van der Waals surface area contributed by atoms with E-state index in [0.29, 0.717) is 25.2 Å². The SMILES string of the molecule is COc1ccc(-n2nc(Cn3cnnn3)c3c2C(=O)N(c2ccc(I)cc2)CC3)cc1. The highest BCUT2D eigenvalue weighted by atomic mass is 127. The number of carbonyl (C=O) groups is 1. The van der Waals surface area contributed by atoms with Crippen LogP contribution < -0.4 is 9.64 Å². The highest BCUT2D eigenvalue weighted by Crippen LogP contribution is 2.30. The first-order valence-corrected chi connectivity index (χ1v) is 10.8. The molecule has 3 heterocycles. The first-order chi connectivity index (χ1) is 15.1. The van der Waals surface area contributed by atoms with Crippen molar-refractivity contribution in [2.24, 2.45) is 0 Å². The lowest BCUT2D eigenvalue weighted by atomic mass is 10.0. The molecule has 0 saturated heterocycles. The summed E-state index contributed by atoms with van der Waals surface area (Å²) in [6.07, 6.45) is 2.24. The third-order valence-corrected chi connectivity index (χ3v) is 5.98. The maximum absolute atomic E-state index is 13.6. The van der Waals surface area contributed by atoms with Crippen LogP contribution in [0.2, 0.25) is 0 Å². The van der Waals surface area contributed by atoms with E-state index in [1.54, 1.807) is 27.7 Å². The molecule has 1 aliphatic heterocycles. The van der Waals surface area contributed by atoms with Crippen LogP contribution in [0, 0.1) is 3.57 Å². The van der Waals surface area contributed by atoms with E-state index in [1.165, 1.54) is 0 Å². The van der Waals surface area contributed by atoms with E-state index >= 15 is 0 Å². The van der Waals surface area contributed by atoms with Gasteiger partial charge in [-0.05, 0) is 88.0 Å². The maximum atomic E-state index is 13.6. The van der Waals surface area contributed by atoms with Gasteiger partial charge in [0.1, 0.15) is 17.8 Å². The van der Waals surface area contributed by atoms with Gasteiger partial charge in [-0.15, -0.1) is 5.10 Å². The number of fused-ring (bicyclic) bond motifs is 1. The zero-order valence-electron chi connectivity index (χ0n) is 16.6. The summed E-state index contributed by atoms with van der Waals surface area (Å²) >= 11 is 2.26. The van der Waals surface area contributed by atoms with Crippen LogP contribution in [-0.2, 0) is 13.0 Å². The summed E-state index contributed by atoms with van der Waals surface area (Å²) in [6.45, 7) is 0.985. The lowest BCUT2D eigenvalue weighted by Gasteiger charge is -2.28. The first kappa shape index (κ1) is 19.7. The molecule has 0 fully saturated rings. The number of carbonyl (C=O) groups excluding carboxylic acids is 1. The van der Waals surface area contributed by atoms with Crippen LogP contribution in [0.5, 0.6) is 5.75 Å². The van der Waals surface area contributed by atoms with Crippen LogP contribution in [0.4, 0.5) is 5.69 Å². The molecule has 0 saturated carbocycles. The van der Waals surface area contributed by atoms with Gasteiger partial charge >= 0.3 is 0 Å². The molecule has 156 valence electrons. The van der Waals surface area contributed by atoms with Crippen LogP contribution in [0.25, 0.3) is 5.69 Å². The number of benzene rings is 2. The number of ether oxygens (including phenoxy) is 1. The fraction of sp³-hybridized carbons (Fsp3) is 0.190. The highest BCUT2D eigenvalue weighted by Gasteiger charge is 2.33. The molecular weight excluding hydrogens is 509 g/mol. The van der Waals surface area contributed by atoms with Crippen molar-refractivity contribution in [2.75, 3.05) is 18.6 Å². The Labute approximate surface area is 191 Å². The minimum absolute atomic E-state index is 0.0752. The number of anilines is 1. The third-order valence-electron chi connectivity index (χ3n) is 5.26. The van der Waals surface area contributed by atoms with E-state index in [4.69, 9.17) is 9.84 Å². The summed E-state index contributed by atoms with van der Waals surface area (Å²) in [6, 6.07) is 15.4. The number of halogens is 1. The fourth-order valence-electron chi connectivity index (χ4n) is 3.74. The van der Waals surface area contributed by atoms with Crippen molar-refractivity contribution in [2.45, 2.75) is 13.0 Å². The van der Waals surface area contributed by atoms with E-state index in [1.807, 2.05) is 48.5 Å². The van der Waals surface area contributed by atoms with E-state index in [2.05, 4.69) is 38.1 Å². The molecule has 0 radical (unpaired) electrons. The van der Waals surface area contributed by atoms with E-state index < -0.39 is 0 Å². The number of methoxy groups -OCH3 is 1. The van der Waals surface area contributed by atoms with Crippen molar-refractivity contribution >= 4 is 34.2 Å². The topological polar surface area (TPSA) is 91.0 Å². The van der Waals surface area contributed by atoms with Crippen LogP contribution in [0.1, 0.15) is 21.7 Å². The van der Waals surface area contributed by atoms with Gasteiger partial charge in [0.25, 0.3) is 5.91 Å². The van der Waals surface area contributed by atoms with Gasteiger partial charge in [0.2, 0.25) is 0 Å². The first-order valence-electron chi connectivity index (χ1n) is 9.67. The second-order valence-electron chi connectivity index (χ2n) is 7.07. The molecular formula is C21H18IN7O2. The Balaban J connectivity index is 1.60. The molecule has 2 aromatic heterocycles. The minimum atomic E-state index is -0.0752. The second kappa shape index (κ2) is 8.10. The van der Waals surface area contributed by atoms with Crippen molar-refractivity contribution in [1.82, 2.24) is 30.0 Å². The number of nitrogens with zero attached hydrogens (tertiary/aromatic N) is 7. The van der Waals surface area contributed by atoms with Gasteiger partial charge in [0.05, 0.1) is 25.0 Å². The predicted molar refractivity (Wildman–Crippen MR) is 122 cm³/mol. The molecule has 1 aliphatic rings. The Morgan fingerprint density at radius 1 is 1.06 bits per heavy atom. The molecule has 0 spiro atoms. The van der Waals surface area contributed by atoms with Crippen LogP contribution in [0.15, 0.2) is 54.9 Å². The summed E-state index contributed by atoms with van der Waals surface area (Å²) in [4.78, 5) is 15.4. The smallest absolute Gasteiger partial charge is 0.277 e. The molecule has 4 aromatic rings. The largest absolute Gasteiger partial charge is 0.497 e. The molecule has 0 aliphatic carbocycles. The number of tetrazole rings is 1. The maximum Gasteiger partial charge on any atom is 0.277 e. The van der Waals surface area contributed by atoms with E-state index in [0.717, 1.165) is 32.0 Å². The number of amides is 1. The third kappa shape index (κ3) is 3.67. The average Bonchev–Trinajstić information content (AvgIpc) is 3.44. The Bertz CT molecular complexity index is 1220. The van der Waals surface area contributed by atoms with Gasteiger partial charge in [-0.1, -0.05) is 0 Å². The summed E-state index contributed by atoms with van der Waals surface area (Å²) in [7, 11) is 1.62. The molecule has 0 unspecified atom stereocenters. The highest BCUT2D eigenvalue weighted by molar-refractivity contribution is 14.1. The molecule has 31 heavy (non-hydrogen) atoms. The molecule has 0 atom stereocenters. The molecule has 1 amide bonds. The standard InChI is InChI=1S/C21H18IN7O2/c1-31-17-8-6-16(7-9-17)29-20-18(19(24-29)12-27-13-23-25-26-27)10-11-28(21(20)30)15-4-2-14(22)3-5-15/h2-9,13H,10-12H2,1H3. The lowest BCUT2D eigenvalue weighted by molar-refractivity contribution is 0.0973. The van der Waals surface area contributed by atoms with E-state index in [-0.39, 0.29) is 5.91 Å². The van der Waals surface area contributed by atoms with Gasteiger partial charge < -0.3 is 9.64 Å². The van der Waals surface area contributed by atoms with Crippen molar-refractivity contribution in [1.29, 1.82) is 0 Å². The van der Waals surface area contributed by atoms with Crippen molar-refractivity contribution in [3.05, 3.63) is 75.4 Å². The Hall–Kier alpha value is -3.28. The van der Waals surface area contributed by atoms with Crippen molar-refractivity contribution in [3.8, 4) is 11.4 Å². The number of hydrogen-bond donors (Lipinski definition) is 0. The minimum Gasteiger partial charge on any atom is -0.497 e. The Kier molecular flexibility index (Phi) is 5.14. The molecule has 10 heteroatoms. The van der Waals surface area contributed by atoms with Crippen LogP contribution in [0.3, 0.4) is 0 Å². The zero-order chi connectivity index (χ0) is 21.4. The zero-order valence-corrected chi connectivity index (χ0v) is 18.8. The van der Waals surface area contributed by atoms with Gasteiger partial charge in [0, 0.05) is 21.4 Å². The molecule has 0 bridgehead atoms. The normalized spacial score (nSPS) is 13.4. The monoisotopic (exact) mass is 527 g/mol. The van der Waals surface area contributed by atoms with Gasteiger partial charge in [-0.25, -0.2) is 9.36 Å². The average molecular weight is 527 g/mol. The number of aromatic nitrogens is 6. The number of rotatable bonds is 5. The van der Waals surface area contributed by atoms with Crippen LogP contribution in [-0.4, -0.2) is 49.5 Å². The molecule has 2 aromatic carbocycles. The Morgan fingerprint density at radius 3 is 2.48 bits per heavy atom. The predicted octanol–water partition coefficient (Wildman–Crippen LogP) is 2.72. The lowest BCUT2D eigenvalue weighted by Crippen LogP contribution is -2.38. The second-order valence-corrected chi connectivity index (χ2v) is 8.32. The summed E-state index contributed by atoms with van der Waals surface area (Å²) < 4.78 is 9.72. The van der Waals surface area contributed by atoms with Gasteiger partial charge in [0.15, 0.2) is 0 Å². The van der Waals surface area contributed by atoms with E-state index in [9.17, 15) is 4.79 Å².